The number of H-pyrrole nitrogens is 1. The van der Waals surface area contributed by atoms with Gasteiger partial charge in [-0.2, -0.15) is 0 Å². The van der Waals surface area contributed by atoms with Gasteiger partial charge in [-0.15, -0.1) is 0 Å². The summed E-state index contributed by atoms with van der Waals surface area (Å²) in [6.45, 7) is 7.22. The Hall–Kier alpha value is -4.01. The summed E-state index contributed by atoms with van der Waals surface area (Å²) in [7, 11) is 1.31. The van der Waals surface area contributed by atoms with Gasteiger partial charge in [-0.1, -0.05) is 30.3 Å². The molecule has 1 amide bonds. The van der Waals surface area contributed by atoms with Gasteiger partial charge in [0.1, 0.15) is 18.0 Å². The molecule has 0 radical (unpaired) electrons. The van der Waals surface area contributed by atoms with E-state index in [2.05, 4.69) is 4.98 Å². The first kappa shape index (κ1) is 25.1. The van der Waals surface area contributed by atoms with Crippen LogP contribution in [0.25, 0.3) is 10.9 Å². The summed E-state index contributed by atoms with van der Waals surface area (Å²) < 4.78 is 22.2. The molecule has 0 unspecified atom stereocenters. The first-order chi connectivity index (χ1) is 17.1. The Morgan fingerprint density at radius 2 is 1.86 bits per heavy atom. The van der Waals surface area contributed by atoms with Crippen molar-refractivity contribution in [2.75, 3.05) is 25.2 Å². The predicted octanol–water partition coefficient (Wildman–Crippen LogP) is 4.94. The van der Waals surface area contributed by atoms with Crippen LogP contribution in [0.15, 0.2) is 42.6 Å². The third-order valence-corrected chi connectivity index (χ3v) is 5.79. The highest BCUT2D eigenvalue weighted by Crippen LogP contribution is 2.47. The molecular weight excluding hydrogens is 464 g/mol. The third kappa shape index (κ3) is 5.15. The minimum Gasteiger partial charge on any atom is -0.487 e. The Bertz CT molecular complexity index is 1290. The third-order valence-electron chi connectivity index (χ3n) is 5.79. The van der Waals surface area contributed by atoms with Gasteiger partial charge >= 0.3 is 18.0 Å². The van der Waals surface area contributed by atoms with Gasteiger partial charge in [0.15, 0.2) is 0 Å². The number of carbonyl (C=O) groups is 3. The quantitative estimate of drug-likeness (QED) is 0.382. The summed E-state index contributed by atoms with van der Waals surface area (Å²) in [5, 5.41) is 0.561. The van der Waals surface area contributed by atoms with Gasteiger partial charge in [-0.3, -0.25) is 9.69 Å². The van der Waals surface area contributed by atoms with Crippen LogP contribution < -0.4 is 9.64 Å². The van der Waals surface area contributed by atoms with Crippen LogP contribution >= 0.6 is 0 Å². The molecule has 1 aliphatic heterocycles. The van der Waals surface area contributed by atoms with E-state index < -0.39 is 23.6 Å². The molecule has 36 heavy (non-hydrogen) atoms. The topological polar surface area (TPSA) is 107 Å². The van der Waals surface area contributed by atoms with Crippen molar-refractivity contribution >= 4 is 34.6 Å². The van der Waals surface area contributed by atoms with E-state index in [1.165, 1.54) is 18.9 Å². The number of amides is 1. The van der Waals surface area contributed by atoms with E-state index in [1.54, 1.807) is 33.0 Å². The number of fused-ring (bicyclic) bond motifs is 3. The maximum absolute atomic E-state index is 13.2. The summed E-state index contributed by atoms with van der Waals surface area (Å²) >= 11 is 0. The van der Waals surface area contributed by atoms with E-state index in [1.807, 2.05) is 30.3 Å². The highest BCUT2D eigenvalue weighted by atomic mass is 16.6. The summed E-state index contributed by atoms with van der Waals surface area (Å²) in [6.07, 6.45) is 1.02. The van der Waals surface area contributed by atoms with Crippen molar-refractivity contribution in [1.29, 1.82) is 0 Å². The van der Waals surface area contributed by atoms with Gasteiger partial charge in [0.25, 0.3) is 0 Å². The van der Waals surface area contributed by atoms with Crippen LogP contribution in [-0.2, 0) is 25.6 Å². The molecule has 0 aliphatic carbocycles. The van der Waals surface area contributed by atoms with Gasteiger partial charge in [0.05, 0.1) is 30.5 Å². The summed E-state index contributed by atoms with van der Waals surface area (Å²) in [5.41, 5.74) is 2.35. The lowest BCUT2D eigenvalue weighted by molar-refractivity contribution is -0.141. The van der Waals surface area contributed by atoms with Crippen molar-refractivity contribution in [3.05, 3.63) is 59.3 Å². The molecule has 4 rings (SSSR count). The van der Waals surface area contributed by atoms with Crippen LogP contribution in [-0.4, -0.2) is 48.9 Å². The summed E-state index contributed by atoms with van der Waals surface area (Å²) in [5.74, 6) is -0.898. The molecule has 9 nitrogen and oxygen atoms in total. The van der Waals surface area contributed by atoms with Gasteiger partial charge < -0.3 is 23.9 Å². The van der Waals surface area contributed by atoms with E-state index in [-0.39, 0.29) is 25.7 Å². The molecule has 0 fully saturated rings. The highest BCUT2D eigenvalue weighted by molar-refractivity contribution is 6.11. The van der Waals surface area contributed by atoms with Crippen LogP contribution in [0.4, 0.5) is 10.5 Å². The van der Waals surface area contributed by atoms with Crippen molar-refractivity contribution in [3.8, 4) is 5.75 Å². The average Bonchev–Trinajstić information content (AvgIpc) is 3.42. The molecule has 0 saturated heterocycles. The van der Waals surface area contributed by atoms with E-state index in [0.717, 1.165) is 5.56 Å². The van der Waals surface area contributed by atoms with Gasteiger partial charge in [-0.05, 0) is 31.9 Å². The number of nitrogens with one attached hydrogen (secondary N) is 1. The number of ether oxygens (including phenoxy) is 4. The van der Waals surface area contributed by atoms with Crippen LogP contribution in [0, 0.1) is 0 Å². The summed E-state index contributed by atoms with van der Waals surface area (Å²) in [4.78, 5) is 42.1. The van der Waals surface area contributed by atoms with Gasteiger partial charge in [-0.25, -0.2) is 9.59 Å². The minimum atomic E-state index is -0.715. The fourth-order valence-corrected chi connectivity index (χ4v) is 4.31. The molecule has 1 N–H and O–H groups in total. The molecule has 0 bridgehead atoms. The standard InChI is InChI=1S/C27H30N2O7/c1-16(30)34-15-18-13-29(26(32)36-27(2,3)4)20-11-21(35-14-17-9-7-6-8-10-17)24-23(22(18)20)19(12-28-24)25(31)33-5/h6-12,18,28H,13-15H2,1-5H3/t18-/m0/s1. The molecule has 2 heterocycles. The molecule has 1 aromatic heterocycles. The molecule has 1 aliphatic rings. The van der Waals surface area contributed by atoms with Crippen molar-refractivity contribution in [1.82, 2.24) is 4.98 Å². The predicted molar refractivity (Wildman–Crippen MR) is 133 cm³/mol. The first-order valence-corrected chi connectivity index (χ1v) is 11.7. The van der Waals surface area contributed by atoms with E-state index in [0.29, 0.717) is 33.5 Å². The van der Waals surface area contributed by atoms with Gasteiger partial charge in [0, 0.05) is 37.0 Å². The molecule has 1 atom stereocenters. The number of anilines is 1. The SMILES string of the molecule is COC(=O)c1c[nH]c2c(OCc3ccccc3)cc3c(c12)[C@H](COC(C)=O)CN3C(=O)OC(C)(C)C. The smallest absolute Gasteiger partial charge is 0.414 e. The zero-order chi connectivity index (χ0) is 26.0. The lowest BCUT2D eigenvalue weighted by Gasteiger charge is -2.25. The second kappa shape index (κ2) is 9.93. The normalized spacial score (nSPS) is 14.9. The average molecular weight is 495 g/mol. The fraction of sp³-hybridized carbons (Fsp3) is 0.370. The molecule has 0 spiro atoms. The fourth-order valence-electron chi connectivity index (χ4n) is 4.31. The number of nitrogens with zero attached hydrogens (tertiary/aromatic N) is 1. The highest BCUT2D eigenvalue weighted by Gasteiger charge is 2.39. The largest absolute Gasteiger partial charge is 0.487 e. The molecular formula is C27H30N2O7. The first-order valence-electron chi connectivity index (χ1n) is 11.7. The maximum atomic E-state index is 13.2. The van der Waals surface area contributed by atoms with E-state index >= 15 is 0 Å². The second-order valence-electron chi connectivity index (χ2n) is 9.62. The number of esters is 2. The zero-order valence-corrected chi connectivity index (χ0v) is 21.0. The number of hydrogen-bond donors (Lipinski definition) is 1. The molecule has 9 heteroatoms. The van der Waals surface area contributed by atoms with E-state index in [9.17, 15) is 14.4 Å². The van der Waals surface area contributed by atoms with E-state index in [4.69, 9.17) is 18.9 Å². The molecule has 0 saturated carbocycles. The summed E-state index contributed by atoms with van der Waals surface area (Å²) in [6, 6.07) is 11.4. The Morgan fingerprint density at radius 3 is 2.50 bits per heavy atom. The Labute approximate surface area is 209 Å². The number of aromatic nitrogens is 1. The van der Waals surface area contributed by atoms with Gasteiger partial charge in [0.2, 0.25) is 0 Å². The Balaban J connectivity index is 1.86. The number of rotatable bonds is 6. The Kier molecular flexibility index (Phi) is 6.92. The van der Waals surface area contributed by atoms with Crippen molar-refractivity contribution < 1.29 is 33.3 Å². The number of carbonyl (C=O) groups excluding carboxylic acids is 3. The van der Waals surface area contributed by atoms with Crippen LogP contribution in [0.2, 0.25) is 0 Å². The number of hydrogen-bond acceptors (Lipinski definition) is 7. The monoisotopic (exact) mass is 494 g/mol. The minimum absolute atomic E-state index is 0.0345. The number of aromatic amines is 1. The second-order valence-corrected chi connectivity index (χ2v) is 9.62. The Morgan fingerprint density at radius 1 is 1.14 bits per heavy atom. The van der Waals surface area contributed by atoms with Crippen molar-refractivity contribution in [2.24, 2.45) is 0 Å². The van der Waals surface area contributed by atoms with Crippen molar-refractivity contribution in [2.45, 2.75) is 45.8 Å². The molecule has 3 aromatic rings. The van der Waals surface area contributed by atoms with Crippen molar-refractivity contribution in [3.63, 3.8) is 0 Å². The van der Waals surface area contributed by atoms with Crippen LogP contribution in [0.3, 0.4) is 0 Å². The lowest BCUT2D eigenvalue weighted by Crippen LogP contribution is -2.36. The van der Waals surface area contributed by atoms with Crippen LogP contribution in [0.5, 0.6) is 5.75 Å². The maximum Gasteiger partial charge on any atom is 0.414 e. The van der Waals surface area contributed by atoms with Crippen LogP contribution in [0.1, 0.15) is 55.1 Å². The number of benzene rings is 2. The number of methoxy groups -OCH3 is 1. The lowest BCUT2D eigenvalue weighted by atomic mass is 9.95. The zero-order valence-electron chi connectivity index (χ0n) is 21.0. The molecule has 2 aromatic carbocycles. The molecule has 190 valence electrons.